The molecule has 0 unspecified atom stereocenters. The average molecular weight is 551 g/mol. The van der Waals surface area contributed by atoms with Crippen molar-refractivity contribution in [1.29, 1.82) is 0 Å². The summed E-state index contributed by atoms with van der Waals surface area (Å²) in [5.41, 5.74) is 0.724. The van der Waals surface area contributed by atoms with Gasteiger partial charge >= 0.3 is 5.97 Å². The van der Waals surface area contributed by atoms with Crippen LogP contribution in [0.2, 0.25) is 0 Å². The van der Waals surface area contributed by atoms with Crippen LogP contribution in [0.5, 0.6) is 11.5 Å². The summed E-state index contributed by atoms with van der Waals surface area (Å²) < 4.78 is 11.8. The number of rotatable bonds is 6. The lowest BCUT2D eigenvalue weighted by Gasteiger charge is -2.55. The Kier molecular flexibility index (Phi) is 6.26. The summed E-state index contributed by atoms with van der Waals surface area (Å²) in [6.07, 6.45) is 8.24. The fraction of sp³-hybridized carbons (Fsp3) is 0.393. The number of thioether (sulfide) groups is 1. The van der Waals surface area contributed by atoms with Crippen LogP contribution in [0.25, 0.3) is 6.08 Å². The zero-order chi connectivity index (χ0) is 26.6. The third-order valence-corrected chi connectivity index (χ3v) is 9.57. The Morgan fingerprint density at radius 1 is 1.08 bits per heavy atom. The molecule has 5 aliphatic rings. The molecule has 1 heterocycles. The number of methoxy groups -OCH3 is 1. The summed E-state index contributed by atoms with van der Waals surface area (Å²) in [6, 6.07) is 10.9. The van der Waals surface area contributed by atoms with Gasteiger partial charge in [0.15, 0.2) is 15.8 Å². The van der Waals surface area contributed by atoms with E-state index in [1.54, 1.807) is 24.3 Å². The number of esters is 1. The number of thiocarbonyl (C=S) groups is 1. The zero-order valence-corrected chi connectivity index (χ0v) is 22.4. The van der Waals surface area contributed by atoms with Crippen molar-refractivity contribution in [2.75, 3.05) is 12.0 Å². The summed E-state index contributed by atoms with van der Waals surface area (Å²) >= 11 is 6.56. The molecule has 5 fully saturated rings. The van der Waals surface area contributed by atoms with Crippen molar-refractivity contribution in [2.45, 2.75) is 38.5 Å². The Hall–Kier alpha value is -3.24. The van der Waals surface area contributed by atoms with E-state index in [1.165, 1.54) is 55.5 Å². The predicted octanol–water partition coefficient (Wildman–Crippen LogP) is 6.13. The monoisotopic (exact) mass is 550 g/mol. The number of carbonyl (C=O) groups is 2. The number of amides is 1. The molecule has 196 valence electrons. The Bertz CT molecular complexity index is 1350. The van der Waals surface area contributed by atoms with E-state index in [1.807, 2.05) is 0 Å². The van der Waals surface area contributed by atoms with Gasteiger partial charge in [-0.05, 0) is 92.2 Å². The highest BCUT2D eigenvalue weighted by molar-refractivity contribution is 8.27. The molecule has 7 rings (SSSR count). The Morgan fingerprint density at radius 2 is 1.71 bits per heavy atom. The molecule has 4 saturated carbocycles. The van der Waals surface area contributed by atoms with Gasteiger partial charge in [-0.25, -0.2) is 0 Å². The number of nitrogens with zero attached hydrogens (tertiary/aromatic N) is 2. The molecule has 38 heavy (non-hydrogen) atoms. The molecule has 2 aromatic carbocycles. The molecule has 0 spiro atoms. The van der Waals surface area contributed by atoms with Gasteiger partial charge in [-0.2, -0.15) is 0 Å². The standard InChI is InChI=1S/C28H26N2O6S2/c1-35-23-11-16(12-24-25(31)29(27(37)38-24)20-3-5-21(6-4-20)30(33)34)2-7-22(23)36-26(32)28-13-17-8-18(14-28)10-19(9-17)15-28/h2-7,11-12,17-19H,8-10,13-15H2,1H3/b24-12+. The maximum Gasteiger partial charge on any atom is 0.317 e. The maximum absolute atomic E-state index is 13.4. The van der Waals surface area contributed by atoms with Crippen LogP contribution < -0.4 is 14.4 Å². The van der Waals surface area contributed by atoms with Crippen molar-refractivity contribution in [3.63, 3.8) is 0 Å². The number of hydrogen-bond donors (Lipinski definition) is 0. The Labute approximate surface area is 229 Å². The summed E-state index contributed by atoms with van der Waals surface area (Å²) in [7, 11) is 1.52. The first kappa shape index (κ1) is 25.1. The molecule has 8 nitrogen and oxygen atoms in total. The topological polar surface area (TPSA) is 99.0 Å². The van der Waals surface area contributed by atoms with Crippen molar-refractivity contribution < 1.29 is 24.0 Å². The first-order valence-electron chi connectivity index (χ1n) is 12.7. The summed E-state index contributed by atoms with van der Waals surface area (Å²) in [5, 5.41) is 10.9. The summed E-state index contributed by atoms with van der Waals surface area (Å²) in [5.74, 6) is 2.26. The highest BCUT2D eigenvalue weighted by atomic mass is 32.2. The number of benzene rings is 2. The van der Waals surface area contributed by atoms with Gasteiger partial charge in [0.05, 0.1) is 28.0 Å². The van der Waals surface area contributed by atoms with E-state index in [-0.39, 0.29) is 23.0 Å². The van der Waals surface area contributed by atoms with Crippen molar-refractivity contribution in [2.24, 2.45) is 23.2 Å². The van der Waals surface area contributed by atoms with Gasteiger partial charge in [0, 0.05) is 12.1 Å². The van der Waals surface area contributed by atoms with Crippen LogP contribution >= 0.6 is 24.0 Å². The Balaban J connectivity index is 1.20. The lowest BCUT2D eigenvalue weighted by atomic mass is 9.49. The largest absolute Gasteiger partial charge is 0.493 e. The van der Waals surface area contributed by atoms with Crippen LogP contribution in [-0.4, -0.2) is 28.2 Å². The summed E-state index contributed by atoms with van der Waals surface area (Å²) in [4.78, 5) is 38.8. The van der Waals surface area contributed by atoms with Gasteiger partial charge < -0.3 is 9.47 Å². The highest BCUT2D eigenvalue weighted by Gasteiger charge is 2.55. The lowest BCUT2D eigenvalue weighted by Crippen LogP contribution is -2.51. The minimum atomic E-state index is -0.495. The predicted molar refractivity (Wildman–Crippen MR) is 148 cm³/mol. The van der Waals surface area contributed by atoms with Gasteiger partial charge in [-0.3, -0.25) is 24.6 Å². The van der Waals surface area contributed by atoms with E-state index in [2.05, 4.69) is 0 Å². The molecule has 1 aliphatic heterocycles. The second-order valence-corrected chi connectivity index (χ2v) is 12.5. The molecule has 1 amide bonds. The summed E-state index contributed by atoms with van der Waals surface area (Å²) in [6.45, 7) is 0. The highest BCUT2D eigenvalue weighted by Crippen LogP contribution is 2.60. The van der Waals surface area contributed by atoms with Crippen molar-refractivity contribution in [3.8, 4) is 11.5 Å². The molecule has 0 atom stereocenters. The second-order valence-electron chi connectivity index (χ2n) is 10.8. The van der Waals surface area contributed by atoms with Crippen LogP contribution in [0.3, 0.4) is 0 Å². The van der Waals surface area contributed by atoms with Gasteiger partial charge in [0.2, 0.25) is 0 Å². The van der Waals surface area contributed by atoms with Gasteiger partial charge in [0.1, 0.15) is 0 Å². The van der Waals surface area contributed by atoms with Crippen molar-refractivity contribution in [3.05, 3.63) is 63.0 Å². The van der Waals surface area contributed by atoms with Gasteiger partial charge in [0.25, 0.3) is 11.6 Å². The van der Waals surface area contributed by atoms with E-state index in [9.17, 15) is 19.7 Å². The number of nitro groups is 1. The normalized spacial score (nSPS) is 28.7. The first-order valence-corrected chi connectivity index (χ1v) is 13.9. The fourth-order valence-corrected chi connectivity index (χ4v) is 8.29. The van der Waals surface area contributed by atoms with Crippen molar-refractivity contribution in [1.82, 2.24) is 0 Å². The fourth-order valence-electron chi connectivity index (χ4n) is 6.99. The van der Waals surface area contributed by atoms with Crippen LogP contribution in [0.4, 0.5) is 11.4 Å². The van der Waals surface area contributed by atoms with E-state index >= 15 is 0 Å². The number of nitro benzene ring substituents is 1. The number of non-ortho nitro benzene ring substituents is 1. The molecule has 0 aromatic heterocycles. The molecule has 1 saturated heterocycles. The molecule has 10 heteroatoms. The second kappa shape index (κ2) is 9.50. The molecular formula is C28H26N2O6S2. The lowest BCUT2D eigenvalue weighted by molar-refractivity contribution is -0.384. The SMILES string of the molecule is COc1cc(/C=C2/SC(=S)N(c3ccc([N+](=O)[O-])cc3)C2=O)ccc1OC(=O)C12CC3CC(CC(C3)C1)C2. The Morgan fingerprint density at radius 3 is 2.29 bits per heavy atom. The molecular weight excluding hydrogens is 524 g/mol. The van der Waals surface area contributed by atoms with Crippen LogP contribution in [-0.2, 0) is 9.59 Å². The number of hydrogen-bond acceptors (Lipinski definition) is 8. The average Bonchev–Trinajstić information content (AvgIpc) is 3.16. The number of ether oxygens (including phenoxy) is 2. The van der Waals surface area contributed by atoms with Gasteiger partial charge in [-0.1, -0.05) is 30.0 Å². The minimum absolute atomic E-state index is 0.0641. The third-order valence-electron chi connectivity index (χ3n) is 8.27. The molecule has 0 N–H and O–H groups in total. The van der Waals surface area contributed by atoms with E-state index in [4.69, 9.17) is 21.7 Å². The third kappa shape index (κ3) is 4.39. The quantitative estimate of drug-likeness (QED) is 0.106. The van der Waals surface area contributed by atoms with Crippen LogP contribution in [0, 0.1) is 33.3 Å². The molecule has 4 aliphatic carbocycles. The first-order chi connectivity index (χ1) is 18.2. The van der Waals surface area contributed by atoms with E-state index in [0.29, 0.717) is 49.7 Å². The number of carbonyl (C=O) groups excluding carboxylic acids is 2. The molecule has 2 aromatic rings. The molecule has 0 radical (unpaired) electrons. The smallest absolute Gasteiger partial charge is 0.317 e. The van der Waals surface area contributed by atoms with E-state index in [0.717, 1.165) is 31.0 Å². The van der Waals surface area contributed by atoms with Crippen molar-refractivity contribution >= 4 is 57.6 Å². The van der Waals surface area contributed by atoms with Gasteiger partial charge in [-0.15, -0.1) is 0 Å². The molecule has 4 bridgehead atoms. The van der Waals surface area contributed by atoms with E-state index < -0.39 is 4.92 Å². The maximum atomic E-state index is 13.4. The minimum Gasteiger partial charge on any atom is -0.493 e. The van der Waals surface area contributed by atoms with Crippen LogP contribution in [0.1, 0.15) is 44.1 Å². The van der Waals surface area contributed by atoms with Crippen LogP contribution in [0.15, 0.2) is 47.4 Å². The zero-order valence-electron chi connectivity index (χ0n) is 20.8. The number of anilines is 1.